The maximum absolute atomic E-state index is 13.7. The number of rotatable bonds is 4. The summed E-state index contributed by atoms with van der Waals surface area (Å²) >= 11 is 1.35. The highest BCUT2D eigenvalue weighted by molar-refractivity contribution is 7.14. The van der Waals surface area contributed by atoms with E-state index in [2.05, 4.69) is 4.98 Å². The van der Waals surface area contributed by atoms with Crippen LogP contribution in [0.25, 0.3) is 0 Å². The Bertz CT molecular complexity index is 864. The lowest BCUT2D eigenvalue weighted by atomic mass is 10.1. The molecule has 0 bridgehead atoms. The number of thiazole rings is 1. The van der Waals surface area contributed by atoms with E-state index in [9.17, 15) is 9.18 Å². The smallest absolute Gasteiger partial charge is 0.268 e. The summed E-state index contributed by atoms with van der Waals surface area (Å²) in [6.07, 6.45) is 0. The molecule has 0 aliphatic heterocycles. The molecule has 0 N–H and O–H groups in total. The third-order valence-electron chi connectivity index (χ3n) is 3.41. The molecular weight excluding hydrogens is 327 g/mol. The van der Waals surface area contributed by atoms with Crippen LogP contribution >= 0.6 is 11.3 Å². The van der Waals surface area contributed by atoms with Gasteiger partial charge in [0.15, 0.2) is 5.13 Å². The second kappa shape index (κ2) is 6.80. The molecule has 122 valence electrons. The average molecular weight is 342 g/mol. The summed E-state index contributed by atoms with van der Waals surface area (Å²) in [5.74, 6) is -0.579. The molecule has 6 heteroatoms. The normalized spacial score (nSPS) is 10.5. The van der Waals surface area contributed by atoms with E-state index in [-0.39, 0.29) is 5.56 Å². The van der Waals surface area contributed by atoms with E-state index in [1.54, 1.807) is 12.1 Å². The highest BCUT2D eigenvalue weighted by Crippen LogP contribution is 2.32. The van der Waals surface area contributed by atoms with Crippen LogP contribution < -0.4 is 9.64 Å². The summed E-state index contributed by atoms with van der Waals surface area (Å²) in [4.78, 5) is 19.0. The molecule has 0 radical (unpaired) electrons. The van der Waals surface area contributed by atoms with Gasteiger partial charge in [-0.05, 0) is 37.3 Å². The van der Waals surface area contributed by atoms with Gasteiger partial charge < -0.3 is 4.74 Å². The average Bonchev–Trinajstić information content (AvgIpc) is 3.02. The summed E-state index contributed by atoms with van der Waals surface area (Å²) in [5.41, 5.74) is 1.62. The van der Waals surface area contributed by atoms with Crippen LogP contribution in [0.15, 0.2) is 53.9 Å². The van der Waals surface area contributed by atoms with Gasteiger partial charge in [0.05, 0.1) is 24.1 Å². The molecule has 0 spiro atoms. The molecule has 1 aromatic heterocycles. The Morgan fingerprint density at radius 1 is 1.21 bits per heavy atom. The number of benzene rings is 2. The van der Waals surface area contributed by atoms with Gasteiger partial charge in [-0.3, -0.25) is 9.69 Å². The fraction of sp³-hybridized carbons (Fsp3) is 0.111. The van der Waals surface area contributed by atoms with E-state index >= 15 is 0 Å². The quantitative estimate of drug-likeness (QED) is 0.697. The number of halogens is 1. The van der Waals surface area contributed by atoms with E-state index in [1.165, 1.54) is 41.5 Å². The van der Waals surface area contributed by atoms with Crippen LogP contribution in [0.1, 0.15) is 16.1 Å². The monoisotopic (exact) mass is 342 g/mol. The van der Waals surface area contributed by atoms with Gasteiger partial charge >= 0.3 is 0 Å². The van der Waals surface area contributed by atoms with Crippen LogP contribution in [0.2, 0.25) is 0 Å². The first kappa shape index (κ1) is 16.1. The van der Waals surface area contributed by atoms with Crippen LogP contribution in [0.4, 0.5) is 15.2 Å². The SMILES string of the molecule is COc1ccc(F)cc1C(=O)N(c1ccccc1)c1nc(C)cs1. The van der Waals surface area contributed by atoms with Gasteiger partial charge in [0, 0.05) is 5.38 Å². The van der Waals surface area contributed by atoms with Gasteiger partial charge in [0.25, 0.3) is 5.91 Å². The number of aromatic nitrogens is 1. The van der Waals surface area contributed by atoms with E-state index in [0.29, 0.717) is 16.6 Å². The summed E-state index contributed by atoms with van der Waals surface area (Å²) in [6, 6.07) is 13.0. The molecule has 3 aromatic rings. The van der Waals surface area contributed by atoms with Gasteiger partial charge in [-0.15, -0.1) is 11.3 Å². The highest BCUT2D eigenvalue weighted by Gasteiger charge is 2.25. The standard InChI is InChI=1S/C18H15FN2O2S/c1-12-11-24-18(20-12)21(14-6-4-3-5-7-14)17(22)15-10-13(19)8-9-16(15)23-2/h3-11H,1-2H3. The largest absolute Gasteiger partial charge is 0.496 e. The van der Waals surface area contributed by atoms with E-state index < -0.39 is 11.7 Å². The molecule has 0 atom stereocenters. The van der Waals surface area contributed by atoms with Crippen molar-refractivity contribution in [3.05, 3.63) is 71.0 Å². The molecule has 1 amide bonds. The van der Waals surface area contributed by atoms with Crippen LogP contribution in [-0.4, -0.2) is 18.0 Å². The number of anilines is 2. The van der Waals surface area contributed by atoms with Crippen molar-refractivity contribution in [3.8, 4) is 5.75 Å². The Morgan fingerprint density at radius 3 is 2.58 bits per heavy atom. The van der Waals surface area contributed by atoms with Crippen molar-refractivity contribution in [2.75, 3.05) is 12.0 Å². The van der Waals surface area contributed by atoms with Crippen molar-refractivity contribution < 1.29 is 13.9 Å². The number of hydrogen-bond donors (Lipinski definition) is 0. The molecule has 4 nitrogen and oxygen atoms in total. The summed E-state index contributed by atoms with van der Waals surface area (Å²) < 4.78 is 18.9. The Labute approximate surface area is 143 Å². The summed E-state index contributed by atoms with van der Waals surface area (Å²) in [5, 5.41) is 2.39. The Balaban J connectivity index is 2.13. The summed E-state index contributed by atoms with van der Waals surface area (Å²) in [6.45, 7) is 1.86. The molecule has 0 aliphatic carbocycles. The zero-order valence-corrected chi connectivity index (χ0v) is 14.0. The van der Waals surface area contributed by atoms with Gasteiger partial charge in [0.2, 0.25) is 0 Å². The topological polar surface area (TPSA) is 42.4 Å². The first-order chi connectivity index (χ1) is 11.6. The second-order valence-electron chi connectivity index (χ2n) is 5.09. The molecule has 0 unspecified atom stereocenters. The van der Waals surface area contributed by atoms with E-state index in [4.69, 9.17) is 4.74 Å². The molecular formula is C18H15FN2O2S. The molecule has 1 heterocycles. The van der Waals surface area contributed by atoms with Gasteiger partial charge in [-0.2, -0.15) is 0 Å². The number of para-hydroxylation sites is 1. The van der Waals surface area contributed by atoms with Crippen molar-refractivity contribution in [3.63, 3.8) is 0 Å². The Hall–Kier alpha value is -2.73. The lowest BCUT2D eigenvalue weighted by Crippen LogP contribution is -2.26. The Morgan fingerprint density at radius 2 is 1.96 bits per heavy atom. The van der Waals surface area contributed by atoms with Crippen LogP contribution in [0, 0.1) is 12.7 Å². The predicted octanol–water partition coefficient (Wildman–Crippen LogP) is 4.58. The predicted molar refractivity (Wildman–Crippen MR) is 92.7 cm³/mol. The third-order valence-corrected chi connectivity index (χ3v) is 4.35. The van der Waals surface area contributed by atoms with Gasteiger partial charge in [0.1, 0.15) is 11.6 Å². The molecule has 0 aliphatic rings. The lowest BCUT2D eigenvalue weighted by molar-refractivity contribution is 0.0996. The molecule has 24 heavy (non-hydrogen) atoms. The first-order valence-electron chi connectivity index (χ1n) is 7.25. The molecule has 2 aromatic carbocycles. The maximum atomic E-state index is 13.7. The number of carbonyl (C=O) groups is 1. The van der Waals surface area contributed by atoms with Crippen molar-refractivity contribution in [2.45, 2.75) is 6.92 Å². The fourth-order valence-electron chi connectivity index (χ4n) is 2.30. The van der Waals surface area contributed by atoms with Crippen molar-refractivity contribution in [1.82, 2.24) is 4.98 Å². The van der Waals surface area contributed by atoms with Crippen molar-refractivity contribution in [2.24, 2.45) is 0 Å². The van der Waals surface area contributed by atoms with Gasteiger partial charge in [-0.1, -0.05) is 18.2 Å². The number of amides is 1. The highest BCUT2D eigenvalue weighted by atomic mass is 32.1. The number of aryl methyl sites for hydroxylation is 1. The molecule has 3 rings (SSSR count). The zero-order valence-electron chi connectivity index (χ0n) is 13.2. The number of hydrogen-bond acceptors (Lipinski definition) is 4. The minimum Gasteiger partial charge on any atom is -0.496 e. The fourth-order valence-corrected chi connectivity index (χ4v) is 3.12. The third kappa shape index (κ3) is 3.14. The van der Waals surface area contributed by atoms with Crippen LogP contribution in [-0.2, 0) is 0 Å². The first-order valence-corrected chi connectivity index (χ1v) is 8.13. The van der Waals surface area contributed by atoms with Crippen LogP contribution in [0.3, 0.4) is 0 Å². The Kier molecular flexibility index (Phi) is 4.57. The molecule has 0 fully saturated rings. The van der Waals surface area contributed by atoms with Crippen molar-refractivity contribution in [1.29, 1.82) is 0 Å². The number of methoxy groups -OCH3 is 1. The maximum Gasteiger partial charge on any atom is 0.268 e. The summed E-state index contributed by atoms with van der Waals surface area (Å²) in [7, 11) is 1.45. The van der Waals surface area contributed by atoms with Crippen molar-refractivity contribution >= 4 is 28.1 Å². The van der Waals surface area contributed by atoms with Crippen LogP contribution in [0.5, 0.6) is 5.75 Å². The minimum atomic E-state index is -0.498. The number of carbonyl (C=O) groups excluding carboxylic acids is 1. The van der Waals surface area contributed by atoms with E-state index in [1.807, 2.05) is 30.5 Å². The minimum absolute atomic E-state index is 0.147. The number of nitrogens with zero attached hydrogens (tertiary/aromatic N) is 2. The zero-order chi connectivity index (χ0) is 17.1. The van der Waals surface area contributed by atoms with E-state index in [0.717, 1.165) is 5.69 Å². The lowest BCUT2D eigenvalue weighted by Gasteiger charge is -2.21. The second-order valence-corrected chi connectivity index (χ2v) is 5.93. The molecule has 0 saturated heterocycles. The molecule has 0 saturated carbocycles. The number of ether oxygens (including phenoxy) is 1. The van der Waals surface area contributed by atoms with Gasteiger partial charge in [-0.25, -0.2) is 9.37 Å².